The monoisotopic (exact) mass is 427 g/mol. The summed E-state index contributed by atoms with van der Waals surface area (Å²) in [7, 11) is 0. The lowest BCUT2D eigenvalue weighted by Crippen LogP contribution is -2.45. The molecule has 0 aromatic carbocycles. The van der Waals surface area contributed by atoms with Crippen LogP contribution in [0.3, 0.4) is 0 Å². The number of amides is 1. The van der Waals surface area contributed by atoms with Crippen molar-refractivity contribution in [3.8, 4) is 0 Å². The first kappa shape index (κ1) is 24.3. The van der Waals surface area contributed by atoms with Crippen LogP contribution in [0.25, 0.3) is 0 Å². The van der Waals surface area contributed by atoms with Gasteiger partial charge in [0.25, 0.3) is 5.56 Å². The van der Waals surface area contributed by atoms with Crippen molar-refractivity contribution in [2.75, 3.05) is 6.54 Å². The number of nitrogens with zero attached hydrogens (tertiary/aromatic N) is 2. The molecule has 1 aromatic heterocycles. The minimum Gasteiger partial charge on any atom is -0.391 e. The van der Waals surface area contributed by atoms with Gasteiger partial charge in [0.15, 0.2) is 6.23 Å². The highest BCUT2D eigenvalue weighted by Crippen LogP contribution is 2.28. The zero-order valence-electron chi connectivity index (χ0n) is 17.8. The van der Waals surface area contributed by atoms with Gasteiger partial charge in [0.05, 0.1) is 12.6 Å². The van der Waals surface area contributed by atoms with Gasteiger partial charge in [-0.05, 0) is 19.8 Å². The Labute approximate surface area is 175 Å². The van der Waals surface area contributed by atoms with E-state index >= 15 is 0 Å². The van der Waals surface area contributed by atoms with Gasteiger partial charge in [-0.2, -0.15) is 0 Å². The summed E-state index contributed by atoms with van der Waals surface area (Å²) in [5, 5.41) is 33.3. The third kappa shape index (κ3) is 5.57. The summed E-state index contributed by atoms with van der Waals surface area (Å²) in [5.74, 6) is -0.174. The maximum absolute atomic E-state index is 12.8. The summed E-state index contributed by atoms with van der Waals surface area (Å²) in [6, 6.07) is 0. The number of aromatic nitrogens is 2. The number of carbonyl (C=O) groups is 1. The fourth-order valence-electron chi connectivity index (χ4n) is 3.41. The number of aliphatic hydroxyl groups is 3. The normalized spacial score (nSPS) is 24.7. The van der Waals surface area contributed by atoms with E-state index in [4.69, 9.17) is 4.74 Å². The molecule has 0 radical (unpaired) electrons. The van der Waals surface area contributed by atoms with Crippen molar-refractivity contribution in [3.05, 3.63) is 32.6 Å². The standard InChI is InChI=1S/C20H33N3O7/c1-4-6-7-8-15(25)21-9-14-16(26)17(27)19(30-14)23-10-12(3)18(28)22(20(23)29)11-13(24)5-2/h10,13-14,16-17,19,24,26-27H,4-9,11H2,1-3H3,(H,21,25)/t13?,14-,16-,17-,19-/m1/s1. The molecule has 30 heavy (non-hydrogen) atoms. The number of aryl methyl sites for hydroxylation is 1. The Morgan fingerprint density at radius 3 is 2.57 bits per heavy atom. The van der Waals surface area contributed by atoms with Crippen molar-refractivity contribution in [2.24, 2.45) is 0 Å². The highest BCUT2D eigenvalue weighted by atomic mass is 16.6. The molecule has 4 N–H and O–H groups in total. The highest BCUT2D eigenvalue weighted by Gasteiger charge is 2.44. The van der Waals surface area contributed by atoms with Gasteiger partial charge >= 0.3 is 5.69 Å². The Morgan fingerprint density at radius 1 is 1.23 bits per heavy atom. The van der Waals surface area contributed by atoms with E-state index < -0.39 is 41.9 Å². The molecule has 2 rings (SSSR count). The molecule has 0 spiro atoms. The lowest BCUT2D eigenvalue weighted by Gasteiger charge is -2.20. The summed E-state index contributed by atoms with van der Waals surface area (Å²) in [5.41, 5.74) is -1.05. The molecule has 1 saturated heterocycles. The molecule has 1 fully saturated rings. The summed E-state index contributed by atoms with van der Waals surface area (Å²) < 4.78 is 7.63. The Balaban J connectivity index is 2.17. The molecular weight excluding hydrogens is 394 g/mol. The van der Waals surface area contributed by atoms with Crippen LogP contribution in [0.5, 0.6) is 0 Å². The predicted molar refractivity (Wildman–Crippen MR) is 109 cm³/mol. The minimum absolute atomic E-state index is 0.0123. The molecule has 1 amide bonds. The third-order valence-electron chi connectivity index (χ3n) is 5.35. The van der Waals surface area contributed by atoms with Crippen LogP contribution >= 0.6 is 0 Å². The van der Waals surface area contributed by atoms with E-state index in [0.717, 1.165) is 28.4 Å². The van der Waals surface area contributed by atoms with E-state index in [2.05, 4.69) is 5.32 Å². The van der Waals surface area contributed by atoms with Crippen molar-refractivity contribution in [3.63, 3.8) is 0 Å². The van der Waals surface area contributed by atoms with E-state index in [1.54, 1.807) is 6.92 Å². The zero-order valence-corrected chi connectivity index (χ0v) is 17.8. The molecule has 5 atom stereocenters. The van der Waals surface area contributed by atoms with Gasteiger partial charge < -0.3 is 25.4 Å². The number of ether oxygens (including phenoxy) is 1. The first-order valence-electron chi connectivity index (χ1n) is 10.5. The second-order valence-electron chi connectivity index (χ2n) is 7.79. The number of nitrogens with one attached hydrogen (secondary N) is 1. The molecule has 1 aliphatic rings. The van der Waals surface area contributed by atoms with Crippen molar-refractivity contribution in [1.29, 1.82) is 0 Å². The van der Waals surface area contributed by atoms with E-state index in [1.807, 2.05) is 6.92 Å². The van der Waals surface area contributed by atoms with Gasteiger partial charge in [0.1, 0.15) is 18.3 Å². The predicted octanol–water partition coefficient (Wildman–Crippen LogP) is -0.595. The van der Waals surface area contributed by atoms with E-state index in [0.29, 0.717) is 12.8 Å². The van der Waals surface area contributed by atoms with E-state index in [-0.39, 0.29) is 24.6 Å². The molecule has 0 saturated carbocycles. The van der Waals surface area contributed by atoms with Crippen LogP contribution in [-0.2, 0) is 16.1 Å². The van der Waals surface area contributed by atoms with Crippen LogP contribution in [0.4, 0.5) is 0 Å². The number of hydrogen-bond donors (Lipinski definition) is 4. The van der Waals surface area contributed by atoms with Crippen molar-refractivity contribution < 1.29 is 24.9 Å². The van der Waals surface area contributed by atoms with Gasteiger partial charge in [0.2, 0.25) is 5.91 Å². The number of rotatable bonds is 10. The number of hydrogen-bond acceptors (Lipinski definition) is 7. The minimum atomic E-state index is -1.42. The van der Waals surface area contributed by atoms with Crippen LogP contribution in [0.15, 0.2) is 15.8 Å². The van der Waals surface area contributed by atoms with Crippen LogP contribution in [0, 0.1) is 6.92 Å². The lowest BCUT2D eigenvalue weighted by molar-refractivity contribution is -0.122. The molecule has 0 bridgehead atoms. The van der Waals surface area contributed by atoms with Gasteiger partial charge in [0, 0.05) is 24.7 Å². The van der Waals surface area contributed by atoms with Crippen LogP contribution in [0.1, 0.15) is 57.7 Å². The van der Waals surface area contributed by atoms with Gasteiger partial charge in [-0.3, -0.25) is 18.7 Å². The second kappa shape index (κ2) is 10.9. The molecule has 1 aliphatic heterocycles. The molecule has 1 aromatic rings. The summed E-state index contributed by atoms with van der Waals surface area (Å²) in [4.78, 5) is 37.1. The Hall–Kier alpha value is -2.01. The van der Waals surface area contributed by atoms with Gasteiger partial charge in [-0.1, -0.05) is 26.7 Å². The Morgan fingerprint density at radius 2 is 1.93 bits per heavy atom. The Bertz CT molecular complexity index is 835. The zero-order chi connectivity index (χ0) is 22.4. The maximum Gasteiger partial charge on any atom is 0.333 e. The maximum atomic E-state index is 12.8. The molecule has 1 unspecified atom stereocenters. The van der Waals surface area contributed by atoms with Crippen molar-refractivity contribution in [1.82, 2.24) is 14.5 Å². The first-order valence-corrected chi connectivity index (χ1v) is 10.5. The molecule has 170 valence electrons. The van der Waals surface area contributed by atoms with Crippen LogP contribution < -0.4 is 16.6 Å². The summed E-state index contributed by atoms with van der Waals surface area (Å²) in [6.45, 7) is 5.09. The largest absolute Gasteiger partial charge is 0.391 e. The number of carbonyl (C=O) groups excluding carboxylic acids is 1. The molecule has 10 nitrogen and oxygen atoms in total. The fraction of sp³-hybridized carbons (Fsp3) is 0.750. The lowest BCUT2D eigenvalue weighted by atomic mass is 10.1. The van der Waals surface area contributed by atoms with Crippen molar-refractivity contribution in [2.45, 2.75) is 90.1 Å². The summed E-state index contributed by atoms with van der Waals surface area (Å²) >= 11 is 0. The van der Waals surface area contributed by atoms with Crippen LogP contribution in [0.2, 0.25) is 0 Å². The number of unbranched alkanes of at least 4 members (excludes halogenated alkanes) is 2. The quantitative estimate of drug-likeness (QED) is 0.365. The third-order valence-corrected chi connectivity index (χ3v) is 5.35. The fourth-order valence-corrected chi connectivity index (χ4v) is 3.41. The number of aliphatic hydroxyl groups excluding tert-OH is 3. The average molecular weight is 427 g/mol. The molecule has 2 heterocycles. The smallest absolute Gasteiger partial charge is 0.333 e. The Kier molecular flexibility index (Phi) is 8.78. The van der Waals surface area contributed by atoms with Crippen molar-refractivity contribution >= 4 is 5.91 Å². The second-order valence-corrected chi connectivity index (χ2v) is 7.79. The highest BCUT2D eigenvalue weighted by molar-refractivity contribution is 5.75. The molecule has 10 heteroatoms. The van der Waals surface area contributed by atoms with Gasteiger partial charge in [-0.25, -0.2) is 4.79 Å². The van der Waals surface area contributed by atoms with Crippen LogP contribution in [-0.4, -0.2) is 61.3 Å². The van der Waals surface area contributed by atoms with E-state index in [1.165, 1.54) is 13.1 Å². The SMILES string of the molecule is CCCCCC(=O)NC[C@H]1O[C@@H](n2cc(C)c(=O)n(CC(O)CC)c2=O)[C@H](O)[C@@H]1O. The molecular formula is C20H33N3O7. The molecule has 0 aliphatic carbocycles. The van der Waals surface area contributed by atoms with Gasteiger partial charge in [-0.15, -0.1) is 0 Å². The average Bonchev–Trinajstić information content (AvgIpc) is 3.00. The first-order chi connectivity index (χ1) is 14.2. The topological polar surface area (TPSA) is 143 Å². The summed E-state index contributed by atoms with van der Waals surface area (Å²) in [6.07, 6.45) is -1.04. The van der Waals surface area contributed by atoms with E-state index in [9.17, 15) is 29.7 Å².